The predicted octanol–water partition coefficient (Wildman–Crippen LogP) is 1.64. The lowest BCUT2D eigenvalue weighted by atomic mass is 10.1. The van der Waals surface area contributed by atoms with Gasteiger partial charge in [-0.1, -0.05) is 13.8 Å². The van der Waals surface area contributed by atoms with E-state index < -0.39 is 0 Å². The highest BCUT2D eigenvalue weighted by molar-refractivity contribution is 5.80. The molecule has 0 amide bonds. The number of carbonyl (C=O) groups excluding carboxylic acids is 1. The van der Waals surface area contributed by atoms with E-state index in [4.69, 9.17) is 4.74 Å². The van der Waals surface area contributed by atoms with Crippen molar-refractivity contribution in [2.75, 3.05) is 13.2 Å². The van der Waals surface area contributed by atoms with Gasteiger partial charge in [0.05, 0.1) is 6.61 Å². The van der Waals surface area contributed by atoms with Gasteiger partial charge in [0.15, 0.2) is 0 Å². The van der Waals surface area contributed by atoms with Gasteiger partial charge in [0.2, 0.25) is 0 Å². The second-order valence-corrected chi connectivity index (χ2v) is 2.38. The van der Waals surface area contributed by atoms with Crippen LogP contribution in [0.2, 0.25) is 0 Å². The van der Waals surface area contributed by atoms with Gasteiger partial charge in [0.1, 0.15) is 5.78 Å². The number of hydrogen-bond acceptors (Lipinski definition) is 2. The second kappa shape index (κ2) is 5.42. The third-order valence-electron chi connectivity index (χ3n) is 1.47. The van der Waals surface area contributed by atoms with Gasteiger partial charge in [0, 0.05) is 18.9 Å². The molecule has 0 saturated carbocycles. The fourth-order valence-corrected chi connectivity index (χ4v) is 0.736. The van der Waals surface area contributed by atoms with E-state index in [-0.39, 0.29) is 11.7 Å². The molecule has 0 N–H and O–H groups in total. The zero-order valence-electron chi connectivity index (χ0n) is 7.02. The van der Waals surface area contributed by atoms with E-state index in [0.717, 1.165) is 0 Å². The van der Waals surface area contributed by atoms with E-state index in [1.54, 1.807) is 0 Å². The minimum atomic E-state index is 0.0740. The molecule has 0 saturated heterocycles. The molecule has 0 aromatic carbocycles. The van der Waals surface area contributed by atoms with Crippen molar-refractivity contribution in [3.63, 3.8) is 0 Å². The van der Waals surface area contributed by atoms with E-state index >= 15 is 0 Å². The summed E-state index contributed by atoms with van der Waals surface area (Å²) in [7, 11) is 0. The zero-order chi connectivity index (χ0) is 7.98. The molecule has 0 aliphatic carbocycles. The van der Waals surface area contributed by atoms with Gasteiger partial charge in [-0.05, 0) is 6.92 Å². The van der Waals surface area contributed by atoms with Gasteiger partial charge >= 0.3 is 0 Å². The quantitative estimate of drug-likeness (QED) is 0.586. The largest absolute Gasteiger partial charge is 0.381 e. The average Bonchev–Trinajstić information content (AvgIpc) is 1.98. The lowest BCUT2D eigenvalue weighted by molar-refractivity contribution is -0.123. The molecule has 0 rings (SSSR count). The van der Waals surface area contributed by atoms with Crippen LogP contribution < -0.4 is 0 Å². The Kier molecular flexibility index (Phi) is 5.22. The molecular weight excluding hydrogens is 128 g/mol. The van der Waals surface area contributed by atoms with E-state index in [0.29, 0.717) is 19.6 Å². The summed E-state index contributed by atoms with van der Waals surface area (Å²) in [6.07, 6.45) is 0.619. The third kappa shape index (κ3) is 3.62. The lowest BCUT2D eigenvalue weighted by Gasteiger charge is -2.07. The Balaban J connectivity index is 3.41. The monoisotopic (exact) mass is 144 g/mol. The minimum absolute atomic E-state index is 0.0740. The molecule has 0 heterocycles. The van der Waals surface area contributed by atoms with Gasteiger partial charge in [-0.15, -0.1) is 0 Å². The van der Waals surface area contributed by atoms with Gasteiger partial charge in [-0.2, -0.15) is 0 Å². The maximum Gasteiger partial charge on any atom is 0.137 e. The van der Waals surface area contributed by atoms with Crippen molar-refractivity contribution < 1.29 is 9.53 Å². The van der Waals surface area contributed by atoms with Crippen LogP contribution >= 0.6 is 0 Å². The van der Waals surface area contributed by atoms with Crippen LogP contribution in [-0.2, 0) is 9.53 Å². The van der Waals surface area contributed by atoms with Crippen LogP contribution in [0.1, 0.15) is 27.2 Å². The molecule has 60 valence electrons. The Morgan fingerprint density at radius 2 is 2.10 bits per heavy atom. The summed E-state index contributed by atoms with van der Waals surface area (Å²) < 4.78 is 5.10. The number of ether oxygens (including phenoxy) is 1. The molecule has 0 fully saturated rings. The zero-order valence-corrected chi connectivity index (χ0v) is 7.02. The Labute approximate surface area is 62.6 Å². The highest BCUT2D eigenvalue weighted by Gasteiger charge is 2.09. The second-order valence-electron chi connectivity index (χ2n) is 2.38. The molecule has 0 aliphatic rings. The summed E-state index contributed by atoms with van der Waals surface area (Å²) in [5, 5.41) is 0. The van der Waals surface area contributed by atoms with Crippen LogP contribution in [-0.4, -0.2) is 19.0 Å². The summed E-state index contributed by atoms with van der Waals surface area (Å²) in [5.41, 5.74) is 0. The highest BCUT2D eigenvalue weighted by Crippen LogP contribution is 2.00. The summed E-state index contributed by atoms with van der Waals surface area (Å²) >= 11 is 0. The molecule has 2 heteroatoms. The molecule has 0 bridgehead atoms. The number of rotatable bonds is 5. The Morgan fingerprint density at radius 3 is 2.50 bits per heavy atom. The first kappa shape index (κ1) is 9.63. The average molecular weight is 144 g/mol. The molecule has 0 aromatic rings. The minimum Gasteiger partial charge on any atom is -0.381 e. The molecule has 0 aromatic heterocycles. The summed E-state index contributed by atoms with van der Waals surface area (Å²) in [6.45, 7) is 6.99. The standard InChI is InChI=1S/C8H16O2/c1-4-8(9)7(3)6-10-5-2/h7H,4-6H2,1-3H3. The fourth-order valence-electron chi connectivity index (χ4n) is 0.736. The van der Waals surface area contributed by atoms with E-state index in [1.807, 2.05) is 20.8 Å². The number of ketones is 1. The number of Topliss-reactive ketones (excluding diaryl/α,β-unsaturated/α-hetero) is 1. The van der Waals surface area contributed by atoms with Crippen LogP contribution in [0.5, 0.6) is 0 Å². The normalized spacial score (nSPS) is 13.1. The van der Waals surface area contributed by atoms with Crippen molar-refractivity contribution in [2.24, 2.45) is 5.92 Å². The van der Waals surface area contributed by atoms with Crippen molar-refractivity contribution in [1.29, 1.82) is 0 Å². The van der Waals surface area contributed by atoms with Gasteiger partial charge in [0.25, 0.3) is 0 Å². The maximum atomic E-state index is 10.9. The van der Waals surface area contributed by atoms with E-state index in [1.165, 1.54) is 0 Å². The van der Waals surface area contributed by atoms with E-state index in [9.17, 15) is 4.79 Å². The van der Waals surface area contributed by atoms with Crippen LogP contribution in [0.15, 0.2) is 0 Å². The first-order valence-corrected chi connectivity index (χ1v) is 3.82. The summed E-state index contributed by atoms with van der Waals surface area (Å²) in [4.78, 5) is 10.9. The lowest BCUT2D eigenvalue weighted by Crippen LogP contribution is -2.15. The van der Waals surface area contributed by atoms with Crippen LogP contribution in [0.4, 0.5) is 0 Å². The van der Waals surface area contributed by atoms with Gasteiger partial charge in [-0.3, -0.25) is 4.79 Å². The molecule has 0 spiro atoms. The van der Waals surface area contributed by atoms with Gasteiger partial charge in [-0.25, -0.2) is 0 Å². The molecular formula is C8H16O2. The molecule has 10 heavy (non-hydrogen) atoms. The highest BCUT2D eigenvalue weighted by atomic mass is 16.5. The topological polar surface area (TPSA) is 26.3 Å². The molecule has 0 radical (unpaired) electrons. The first-order valence-electron chi connectivity index (χ1n) is 3.82. The number of hydrogen-bond donors (Lipinski definition) is 0. The summed E-state index contributed by atoms with van der Waals surface area (Å²) in [6, 6.07) is 0. The Hall–Kier alpha value is -0.370. The SMILES string of the molecule is CCOCC(C)C(=O)CC. The molecule has 1 unspecified atom stereocenters. The molecule has 2 nitrogen and oxygen atoms in total. The van der Waals surface area contributed by atoms with Crippen LogP contribution in [0, 0.1) is 5.92 Å². The number of carbonyl (C=O) groups is 1. The van der Waals surface area contributed by atoms with Crippen molar-refractivity contribution in [2.45, 2.75) is 27.2 Å². The molecule has 1 atom stereocenters. The maximum absolute atomic E-state index is 10.9. The third-order valence-corrected chi connectivity index (χ3v) is 1.47. The predicted molar refractivity (Wildman–Crippen MR) is 41.0 cm³/mol. The molecule has 0 aliphatic heterocycles. The fraction of sp³-hybridized carbons (Fsp3) is 0.875. The van der Waals surface area contributed by atoms with E-state index in [2.05, 4.69) is 0 Å². The van der Waals surface area contributed by atoms with Crippen LogP contribution in [0.3, 0.4) is 0 Å². The van der Waals surface area contributed by atoms with Crippen molar-refractivity contribution in [3.8, 4) is 0 Å². The smallest absolute Gasteiger partial charge is 0.137 e. The first-order chi connectivity index (χ1) is 4.72. The van der Waals surface area contributed by atoms with Gasteiger partial charge < -0.3 is 4.74 Å². The Morgan fingerprint density at radius 1 is 1.50 bits per heavy atom. The Bertz CT molecular complexity index is 99.4. The van der Waals surface area contributed by atoms with Crippen molar-refractivity contribution in [1.82, 2.24) is 0 Å². The van der Waals surface area contributed by atoms with Crippen molar-refractivity contribution in [3.05, 3.63) is 0 Å². The van der Waals surface area contributed by atoms with Crippen molar-refractivity contribution >= 4 is 5.78 Å². The van der Waals surface area contributed by atoms with Crippen LogP contribution in [0.25, 0.3) is 0 Å². The summed E-state index contributed by atoms with van der Waals surface area (Å²) in [5.74, 6) is 0.360.